The number of hydrogen-bond donors (Lipinski definition) is 2. The maximum absolute atomic E-state index is 12.5. The van der Waals surface area contributed by atoms with Gasteiger partial charge >= 0.3 is 5.97 Å². The van der Waals surface area contributed by atoms with Gasteiger partial charge in [0.05, 0.1) is 16.7 Å². The third kappa shape index (κ3) is 7.05. The number of benzene rings is 4. The molecule has 1 amide bonds. The van der Waals surface area contributed by atoms with Crippen LogP contribution in [0.15, 0.2) is 107 Å². The predicted molar refractivity (Wildman–Crippen MR) is 154 cm³/mol. The van der Waals surface area contributed by atoms with Crippen molar-refractivity contribution >= 4 is 56.4 Å². The zero-order valence-electron chi connectivity index (χ0n) is 20.1. The van der Waals surface area contributed by atoms with Crippen LogP contribution in [0.1, 0.15) is 31.8 Å². The molecule has 0 heterocycles. The number of nitrogens with zero attached hydrogens (tertiary/aromatic N) is 1. The Kier molecular flexibility index (Phi) is 8.54. The first-order chi connectivity index (χ1) is 18.2. The molecular weight excluding hydrogens is 617 g/mol. The van der Waals surface area contributed by atoms with Gasteiger partial charge in [-0.3, -0.25) is 9.52 Å². The van der Waals surface area contributed by atoms with Crippen LogP contribution in [0.4, 0.5) is 5.69 Å². The second-order valence-corrected chi connectivity index (χ2v) is 11.0. The van der Waals surface area contributed by atoms with E-state index >= 15 is 0 Å². The predicted octanol–water partition coefficient (Wildman–Crippen LogP) is 5.38. The van der Waals surface area contributed by atoms with Crippen LogP contribution in [-0.2, 0) is 10.0 Å². The minimum absolute atomic E-state index is 0.149. The van der Waals surface area contributed by atoms with Crippen molar-refractivity contribution in [2.75, 3.05) is 4.72 Å². The Morgan fingerprint density at radius 2 is 1.53 bits per heavy atom. The van der Waals surface area contributed by atoms with Crippen molar-refractivity contribution in [2.45, 2.75) is 11.8 Å². The lowest BCUT2D eigenvalue weighted by Crippen LogP contribution is -2.18. The van der Waals surface area contributed by atoms with Gasteiger partial charge in [0.2, 0.25) is 0 Å². The number of aryl methyl sites for hydroxylation is 1. The van der Waals surface area contributed by atoms with Crippen molar-refractivity contribution in [1.29, 1.82) is 0 Å². The molecule has 0 saturated carbocycles. The third-order valence-electron chi connectivity index (χ3n) is 5.29. The molecule has 8 nitrogen and oxygen atoms in total. The molecule has 4 rings (SSSR count). The van der Waals surface area contributed by atoms with Crippen LogP contribution >= 0.6 is 22.6 Å². The maximum Gasteiger partial charge on any atom is 0.344 e. The van der Waals surface area contributed by atoms with Crippen molar-refractivity contribution in [3.63, 3.8) is 0 Å². The number of hydrazone groups is 1. The highest BCUT2D eigenvalue weighted by atomic mass is 127. The van der Waals surface area contributed by atoms with Crippen molar-refractivity contribution < 1.29 is 22.7 Å². The second kappa shape index (κ2) is 12.0. The fourth-order valence-corrected chi connectivity index (χ4v) is 4.93. The molecule has 0 spiro atoms. The Bertz CT molecular complexity index is 1590. The Morgan fingerprint density at radius 1 is 0.868 bits per heavy atom. The van der Waals surface area contributed by atoms with Gasteiger partial charge in [-0.1, -0.05) is 29.8 Å². The number of ether oxygens (including phenoxy) is 1. The van der Waals surface area contributed by atoms with Crippen LogP contribution in [0, 0.1) is 10.5 Å². The summed E-state index contributed by atoms with van der Waals surface area (Å²) in [6.45, 7) is 1.88. The molecule has 0 unspecified atom stereocenters. The molecule has 4 aromatic rings. The first kappa shape index (κ1) is 27.0. The van der Waals surface area contributed by atoms with E-state index in [0.29, 0.717) is 28.1 Å². The zero-order chi connectivity index (χ0) is 27.1. The summed E-state index contributed by atoms with van der Waals surface area (Å²) in [5.74, 6) is -0.524. The van der Waals surface area contributed by atoms with Crippen molar-refractivity contribution in [1.82, 2.24) is 5.43 Å². The Balaban J connectivity index is 1.31. The van der Waals surface area contributed by atoms with Gasteiger partial charge in [0, 0.05) is 14.8 Å². The summed E-state index contributed by atoms with van der Waals surface area (Å²) in [6, 6.07) is 26.3. The van der Waals surface area contributed by atoms with E-state index in [4.69, 9.17) is 4.74 Å². The summed E-state index contributed by atoms with van der Waals surface area (Å²) < 4.78 is 33.7. The van der Waals surface area contributed by atoms with E-state index in [-0.39, 0.29) is 4.90 Å². The minimum atomic E-state index is -3.74. The number of halogens is 1. The molecule has 0 saturated heterocycles. The fraction of sp³-hybridized carbons (Fsp3) is 0.0357. The number of esters is 1. The summed E-state index contributed by atoms with van der Waals surface area (Å²) >= 11 is 2.08. The first-order valence-corrected chi connectivity index (χ1v) is 13.9. The molecule has 10 heteroatoms. The van der Waals surface area contributed by atoms with E-state index in [1.165, 1.54) is 42.6 Å². The topological polar surface area (TPSA) is 114 Å². The van der Waals surface area contributed by atoms with E-state index in [9.17, 15) is 18.0 Å². The van der Waals surface area contributed by atoms with E-state index < -0.39 is 21.9 Å². The van der Waals surface area contributed by atoms with Crippen LogP contribution in [0.2, 0.25) is 0 Å². The van der Waals surface area contributed by atoms with Crippen LogP contribution in [0.25, 0.3) is 0 Å². The van der Waals surface area contributed by atoms with Gasteiger partial charge in [-0.05, 0) is 108 Å². The Hall–Kier alpha value is -4.03. The second-order valence-electron chi connectivity index (χ2n) is 8.13. The number of carbonyl (C=O) groups is 2. The zero-order valence-corrected chi connectivity index (χ0v) is 23.1. The molecule has 38 heavy (non-hydrogen) atoms. The van der Waals surface area contributed by atoms with Crippen LogP contribution in [0.3, 0.4) is 0 Å². The summed E-state index contributed by atoms with van der Waals surface area (Å²) in [7, 11) is -3.74. The highest BCUT2D eigenvalue weighted by molar-refractivity contribution is 14.1. The van der Waals surface area contributed by atoms with Crippen LogP contribution in [0.5, 0.6) is 5.75 Å². The van der Waals surface area contributed by atoms with Crippen molar-refractivity contribution in [3.05, 3.63) is 123 Å². The molecule has 0 fully saturated rings. The van der Waals surface area contributed by atoms with Crippen molar-refractivity contribution in [3.8, 4) is 5.75 Å². The van der Waals surface area contributed by atoms with Gasteiger partial charge in [-0.25, -0.2) is 18.6 Å². The van der Waals surface area contributed by atoms with Gasteiger partial charge in [0.1, 0.15) is 5.75 Å². The van der Waals surface area contributed by atoms with E-state index in [1.807, 2.05) is 19.1 Å². The molecule has 0 aliphatic rings. The first-order valence-electron chi connectivity index (χ1n) is 11.3. The average Bonchev–Trinajstić information content (AvgIpc) is 2.90. The molecule has 0 aliphatic carbocycles. The van der Waals surface area contributed by atoms with Gasteiger partial charge in [-0.15, -0.1) is 0 Å². The van der Waals surface area contributed by atoms with Crippen molar-refractivity contribution in [2.24, 2.45) is 5.10 Å². The van der Waals surface area contributed by atoms with Gasteiger partial charge < -0.3 is 4.74 Å². The molecule has 0 aromatic heterocycles. The number of nitrogens with one attached hydrogen (secondary N) is 2. The largest absolute Gasteiger partial charge is 0.423 e. The summed E-state index contributed by atoms with van der Waals surface area (Å²) in [4.78, 5) is 24.9. The normalized spacial score (nSPS) is 11.2. The number of anilines is 1. The van der Waals surface area contributed by atoms with Crippen LogP contribution in [-0.4, -0.2) is 26.5 Å². The smallest absolute Gasteiger partial charge is 0.344 e. The molecule has 4 aromatic carbocycles. The molecule has 0 bridgehead atoms. The van der Waals surface area contributed by atoms with E-state index in [2.05, 4.69) is 37.8 Å². The third-order valence-corrected chi connectivity index (χ3v) is 7.63. The fourth-order valence-electron chi connectivity index (χ4n) is 3.26. The lowest BCUT2D eigenvalue weighted by Gasteiger charge is -2.09. The number of amides is 1. The standard InChI is InChI=1S/C28H22IN3O5S/c1-19-6-16-24(17-7-19)38(35,36)32-22-12-10-21(11-13-22)27(33)31-30-18-20-8-14-23(15-9-20)37-28(34)25-4-2-3-5-26(25)29/h2-18,32H,1H3,(H,31,33)/b30-18+. The maximum atomic E-state index is 12.5. The summed E-state index contributed by atoms with van der Waals surface area (Å²) in [5.41, 5.74) is 5.18. The number of carbonyl (C=O) groups excluding carboxylic acids is 2. The number of hydrogen-bond acceptors (Lipinski definition) is 6. The summed E-state index contributed by atoms with van der Waals surface area (Å²) in [5, 5.41) is 3.95. The molecule has 192 valence electrons. The minimum Gasteiger partial charge on any atom is -0.423 e. The monoisotopic (exact) mass is 639 g/mol. The highest BCUT2D eigenvalue weighted by Crippen LogP contribution is 2.18. The molecular formula is C28H22IN3O5S. The highest BCUT2D eigenvalue weighted by Gasteiger charge is 2.14. The molecule has 0 atom stereocenters. The Labute approximate surface area is 233 Å². The van der Waals surface area contributed by atoms with Gasteiger partial charge in [-0.2, -0.15) is 5.10 Å². The van der Waals surface area contributed by atoms with Crippen LogP contribution < -0.4 is 14.9 Å². The van der Waals surface area contributed by atoms with E-state index in [0.717, 1.165) is 9.13 Å². The number of sulfonamides is 1. The lowest BCUT2D eigenvalue weighted by molar-refractivity contribution is 0.0733. The quantitative estimate of drug-likeness (QED) is 0.0884. The van der Waals surface area contributed by atoms with Gasteiger partial charge in [0.25, 0.3) is 15.9 Å². The Morgan fingerprint density at radius 3 is 2.18 bits per heavy atom. The van der Waals surface area contributed by atoms with Gasteiger partial charge in [0.15, 0.2) is 0 Å². The summed E-state index contributed by atoms with van der Waals surface area (Å²) in [6.07, 6.45) is 1.45. The SMILES string of the molecule is Cc1ccc(S(=O)(=O)Nc2ccc(C(=O)N/N=C/c3ccc(OC(=O)c4ccccc4I)cc3)cc2)cc1. The average molecular weight is 639 g/mol. The molecule has 0 aliphatic heterocycles. The lowest BCUT2D eigenvalue weighted by atomic mass is 10.2. The van der Waals surface area contributed by atoms with E-state index in [1.54, 1.807) is 48.5 Å². The molecule has 0 radical (unpaired) electrons. The molecule has 2 N–H and O–H groups in total. The number of rotatable bonds is 8.